The molecule has 2 rings (SSSR count). The maximum atomic E-state index is 10.4. The van der Waals surface area contributed by atoms with Gasteiger partial charge in [-0.25, -0.2) is 9.97 Å². The molecule has 0 aromatic carbocycles. The summed E-state index contributed by atoms with van der Waals surface area (Å²) in [6.07, 6.45) is 2.97. The number of thioether (sulfide) groups is 2. The van der Waals surface area contributed by atoms with Crippen LogP contribution in [0, 0.1) is 10.1 Å². The van der Waals surface area contributed by atoms with Crippen LogP contribution in [0.2, 0.25) is 0 Å². The Morgan fingerprint density at radius 3 is 1.63 bits per heavy atom. The second kappa shape index (κ2) is 10.5. The van der Waals surface area contributed by atoms with Gasteiger partial charge in [-0.1, -0.05) is 49.0 Å². The fraction of sp³-hybridized carbons (Fsp3) is 0.474. The molecule has 0 amide bonds. The molecule has 0 atom stereocenters. The van der Waals surface area contributed by atoms with Crippen molar-refractivity contribution >= 4 is 34.9 Å². The first-order valence-corrected chi connectivity index (χ1v) is 9.69. The minimum atomic E-state index is -0.446. The van der Waals surface area contributed by atoms with E-state index in [1.807, 2.05) is 12.1 Å². The molecule has 150 valence electrons. The van der Waals surface area contributed by atoms with Gasteiger partial charge in [0.15, 0.2) is 0 Å². The zero-order valence-corrected chi connectivity index (χ0v) is 17.6. The van der Waals surface area contributed by atoms with Crippen molar-refractivity contribution in [2.24, 2.45) is 0 Å². The van der Waals surface area contributed by atoms with Gasteiger partial charge >= 0.3 is 0 Å². The van der Waals surface area contributed by atoms with Crippen LogP contribution in [0.25, 0.3) is 0 Å². The molecule has 0 fully saturated rings. The van der Waals surface area contributed by atoms with E-state index in [0.717, 1.165) is 10.1 Å². The predicted octanol–water partition coefficient (Wildman–Crippen LogP) is 6.07. The Labute approximate surface area is 170 Å². The normalized spacial score (nSPS) is 11.0. The lowest BCUT2D eigenvalue weighted by Gasteiger charge is -2.16. The SMILES string of the molecule is C.CC(C)(C)Sc1ccc(N)cn1.CC(C)(C)Sc1ccc([N+](=O)[O-])cn1. The predicted molar refractivity (Wildman–Crippen MR) is 117 cm³/mol. The van der Waals surface area contributed by atoms with Crippen molar-refractivity contribution in [1.82, 2.24) is 9.97 Å². The molecule has 2 aromatic heterocycles. The summed E-state index contributed by atoms with van der Waals surface area (Å²) >= 11 is 3.33. The zero-order valence-electron chi connectivity index (χ0n) is 16.0. The summed E-state index contributed by atoms with van der Waals surface area (Å²) in [4.78, 5) is 18.1. The second-order valence-electron chi connectivity index (χ2n) is 7.47. The third-order valence-electron chi connectivity index (χ3n) is 2.51. The molecule has 0 saturated heterocycles. The lowest BCUT2D eigenvalue weighted by atomic mass is 10.3. The molecule has 2 N–H and O–H groups in total. The first-order valence-electron chi connectivity index (χ1n) is 8.06. The third kappa shape index (κ3) is 11.5. The number of nitrogen functional groups attached to an aromatic ring is 1. The van der Waals surface area contributed by atoms with Gasteiger partial charge in [0.2, 0.25) is 0 Å². The number of rotatable bonds is 3. The fourth-order valence-electron chi connectivity index (χ4n) is 1.62. The molecule has 6 nitrogen and oxygen atoms in total. The van der Waals surface area contributed by atoms with Crippen LogP contribution in [0.5, 0.6) is 0 Å². The van der Waals surface area contributed by atoms with Crippen LogP contribution in [-0.2, 0) is 0 Å². The van der Waals surface area contributed by atoms with Crippen LogP contribution in [-0.4, -0.2) is 24.4 Å². The summed E-state index contributed by atoms with van der Waals surface area (Å²) in [6.45, 7) is 12.7. The monoisotopic (exact) mass is 410 g/mol. The van der Waals surface area contributed by atoms with Crippen molar-refractivity contribution < 1.29 is 4.92 Å². The highest BCUT2D eigenvalue weighted by molar-refractivity contribution is 8.00. The first-order chi connectivity index (χ1) is 11.9. The summed E-state index contributed by atoms with van der Waals surface area (Å²) in [5.74, 6) is 0. The molecular weight excluding hydrogens is 380 g/mol. The number of nitro groups is 1. The second-order valence-corrected chi connectivity index (χ2v) is 11.2. The van der Waals surface area contributed by atoms with Crippen molar-refractivity contribution in [3.05, 3.63) is 46.8 Å². The Hall–Kier alpha value is -1.80. The molecule has 2 heterocycles. The van der Waals surface area contributed by atoms with Gasteiger partial charge in [-0.3, -0.25) is 10.1 Å². The summed E-state index contributed by atoms with van der Waals surface area (Å²) in [7, 11) is 0. The van der Waals surface area contributed by atoms with Gasteiger partial charge < -0.3 is 5.73 Å². The number of pyridine rings is 2. The lowest BCUT2D eigenvalue weighted by Crippen LogP contribution is -2.07. The number of nitrogens with two attached hydrogens (primary N) is 1. The van der Waals surface area contributed by atoms with Crippen molar-refractivity contribution in [1.29, 1.82) is 0 Å². The Balaban J connectivity index is 0.000000488. The van der Waals surface area contributed by atoms with E-state index in [1.165, 1.54) is 12.3 Å². The quantitative estimate of drug-likeness (QED) is 0.372. The molecule has 0 aliphatic carbocycles. The van der Waals surface area contributed by atoms with E-state index in [-0.39, 0.29) is 22.6 Å². The van der Waals surface area contributed by atoms with Gasteiger partial charge in [-0.2, -0.15) is 0 Å². The van der Waals surface area contributed by atoms with Crippen molar-refractivity contribution in [2.45, 2.75) is 68.5 Å². The molecule has 0 aliphatic heterocycles. The summed E-state index contributed by atoms with van der Waals surface area (Å²) < 4.78 is 0.284. The highest BCUT2D eigenvalue weighted by atomic mass is 32.2. The van der Waals surface area contributed by atoms with Crippen LogP contribution >= 0.6 is 23.5 Å². The molecule has 0 unspecified atom stereocenters. The van der Waals surface area contributed by atoms with Gasteiger partial charge in [0.05, 0.1) is 26.9 Å². The largest absolute Gasteiger partial charge is 0.397 e. The standard InChI is InChI=1S/C9H12N2O2S.C9H14N2S.CH4/c1-9(2,3)14-8-5-4-7(6-10-8)11(12)13;1-9(2,3)12-8-5-4-7(10)6-11-8;/h4-6H,1-3H3;4-6H,10H2,1-3H3;1H4. The van der Waals surface area contributed by atoms with E-state index in [2.05, 4.69) is 51.5 Å². The van der Waals surface area contributed by atoms with Gasteiger partial charge in [-0.15, -0.1) is 23.5 Å². The van der Waals surface area contributed by atoms with Crippen molar-refractivity contribution in [2.75, 3.05) is 5.73 Å². The van der Waals surface area contributed by atoms with Crippen LogP contribution in [0.15, 0.2) is 46.7 Å². The van der Waals surface area contributed by atoms with Crippen LogP contribution < -0.4 is 5.73 Å². The Morgan fingerprint density at radius 1 is 0.889 bits per heavy atom. The number of nitrogens with zero attached hydrogens (tertiary/aromatic N) is 3. The smallest absolute Gasteiger partial charge is 0.287 e. The van der Waals surface area contributed by atoms with Crippen LogP contribution in [0.4, 0.5) is 11.4 Å². The molecule has 0 bridgehead atoms. The molecular formula is C19H30N4O2S2. The Bertz CT molecular complexity index is 706. The maximum absolute atomic E-state index is 10.4. The molecule has 0 spiro atoms. The minimum absolute atomic E-state index is 0. The zero-order chi connectivity index (χ0) is 20.0. The van der Waals surface area contributed by atoms with Crippen LogP contribution in [0.1, 0.15) is 49.0 Å². The highest BCUT2D eigenvalue weighted by Crippen LogP contribution is 2.31. The molecule has 27 heavy (non-hydrogen) atoms. The van der Waals surface area contributed by atoms with Gasteiger partial charge in [0, 0.05) is 15.6 Å². The average molecular weight is 411 g/mol. The molecule has 0 radical (unpaired) electrons. The van der Waals surface area contributed by atoms with E-state index in [4.69, 9.17) is 5.73 Å². The van der Waals surface area contributed by atoms with Gasteiger partial charge in [0.25, 0.3) is 5.69 Å². The van der Waals surface area contributed by atoms with E-state index >= 15 is 0 Å². The van der Waals surface area contributed by atoms with E-state index in [9.17, 15) is 10.1 Å². The number of hydrogen-bond donors (Lipinski definition) is 1. The fourth-order valence-corrected chi connectivity index (χ4v) is 3.36. The topological polar surface area (TPSA) is 94.9 Å². The Kier molecular flexibility index (Phi) is 9.81. The third-order valence-corrected chi connectivity index (χ3v) is 4.64. The minimum Gasteiger partial charge on any atom is -0.397 e. The molecule has 0 saturated carbocycles. The van der Waals surface area contributed by atoms with E-state index < -0.39 is 4.92 Å². The lowest BCUT2D eigenvalue weighted by molar-refractivity contribution is -0.385. The van der Waals surface area contributed by atoms with E-state index in [0.29, 0.717) is 5.69 Å². The number of anilines is 1. The van der Waals surface area contributed by atoms with Crippen molar-refractivity contribution in [3.63, 3.8) is 0 Å². The summed E-state index contributed by atoms with van der Waals surface area (Å²) in [5.41, 5.74) is 6.27. The first kappa shape index (κ1) is 25.2. The Morgan fingerprint density at radius 2 is 1.33 bits per heavy atom. The maximum Gasteiger partial charge on any atom is 0.287 e. The van der Waals surface area contributed by atoms with Gasteiger partial charge in [-0.05, 0) is 18.2 Å². The summed E-state index contributed by atoms with van der Waals surface area (Å²) in [6, 6.07) is 6.97. The van der Waals surface area contributed by atoms with Crippen LogP contribution in [0.3, 0.4) is 0 Å². The molecule has 8 heteroatoms. The molecule has 2 aromatic rings. The number of hydrogen-bond acceptors (Lipinski definition) is 7. The molecule has 0 aliphatic rings. The van der Waals surface area contributed by atoms with Gasteiger partial charge in [0.1, 0.15) is 6.20 Å². The van der Waals surface area contributed by atoms with E-state index in [1.54, 1.807) is 35.8 Å². The average Bonchev–Trinajstić information content (AvgIpc) is 2.48. The number of aromatic nitrogens is 2. The van der Waals surface area contributed by atoms with Crippen molar-refractivity contribution in [3.8, 4) is 0 Å². The summed E-state index contributed by atoms with van der Waals surface area (Å²) in [5, 5.41) is 12.2. The highest BCUT2D eigenvalue weighted by Gasteiger charge is 2.14.